The van der Waals surface area contributed by atoms with Crippen molar-refractivity contribution in [1.29, 1.82) is 0 Å². The monoisotopic (exact) mass is 588 g/mol. The second-order valence-corrected chi connectivity index (χ2v) is 9.77. The van der Waals surface area contributed by atoms with Gasteiger partial charge in [-0.2, -0.15) is 0 Å². The average molecular weight is 589 g/mol. The summed E-state index contributed by atoms with van der Waals surface area (Å²) < 4.78 is 0. The van der Waals surface area contributed by atoms with Gasteiger partial charge in [-0.25, -0.2) is 0 Å². The minimum atomic E-state index is -0.965. The largest absolute Gasteiger partial charge is 0.343 e. The van der Waals surface area contributed by atoms with Crippen molar-refractivity contribution in [2.24, 2.45) is 0 Å². The Morgan fingerprint density at radius 2 is 1.31 bits per heavy atom. The minimum absolute atomic E-state index is 0.0751. The Kier molecular flexibility index (Phi) is 9.56. The van der Waals surface area contributed by atoms with E-state index in [0.29, 0.717) is 11.1 Å². The van der Waals surface area contributed by atoms with E-state index >= 15 is 0 Å². The number of likely N-dealkylation sites (tertiary alicyclic amines) is 1. The van der Waals surface area contributed by atoms with Crippen LogP contribution in [0.3, 0.4) is 0 Å². The molecule has 1 atom stereocenters. The Hall–Kier alpha value is -5.16. The van der Waals surface area contributed by atoms with E-state index in [1.165, 1.54) is 53.4 Å². The zero-order chi connectivity index (χ0) is 30.2. The van der Waals surface area contributed by atoms with Crippen molar-refractivity contribution in [3.63, 3.8) is 0 Å². The molecule has 3 aromatic carbocycles. The number of piperidine rings is 1. The highest BCUT2D eigenvalue weighted by Crippen LogP contribution is 2.25. The first kappa shape index (κ1) is 29.8. The van der Waals surface area contributed by atoms with Gasteiger partial charge < -0.3 is 10.2 Å². The molecule has 214 valence electrons. The second-order valence-electron chi connectivity index (χ2n) is 9.50. The molecular weight excluding hydrogens is 564 g/mol. The molecule has 0 spiro atoms. The molecule has 0 bridgehead atoms. The summed E-state index contributed by atoms with van der Waals surface area (Å²) in [6.45, 7) is -0.150. The third-order valence-corrected chi connectivity index (χ3v) is 6.79. The maximum Gasteiger partial charge on any atom is 0.269 e. The molecule has 1 aliphatic heterocycles. The summed E-state index contributed by atoms with van der Waals surface area (Å²) in [6, 6.07) is 19.4. The number of nitrogens with zero attached hydrogens (tertiary/aromatic N) is 3. The normalized spacial score (nSPS) is 15.8. The first-order chi connectivity index (χ1) is 20.1. The molecule has 0 saturated carbocycles. The zero-order valence-electron chi connectivity index (χ0n) is 22.1. The number of ketones is 1. The average Bonchev–Trinajstić information content (AvgIpc) is 2.99. The van der Waals surface area contributed by atoms with Crippen LogP contribution >= 0.6 is 11.6 Å². The van der Waals surface area contributed by atoms with Crippen molar-refractivity contribution >= 4 is 52.7 Å². The molecule has 1 aliphatic rings. The van der Waals surface area contributed by atoms with Crippen LogP contribution in [-0.4, -0.2) is 57.4 Å². The first-order valence-electron chi connectivity index (χ1n) is 12.8. The van der Waals surface area contributed by atoms with Crippen LogP contribution in [0.4, 0.5) is 11.4 Å². The van der Waals surface area contributed by atoms with E-state index in [2.05, 4.69) is 5.32 Å². The fourth-order valence-electron chi connectivity index (χ4n) is 4.49. The van der Waals surface area contributed by atoms with Gasteiger partial charge >= 0.3 is 0 Å². The molecular formula is C30H25ClN4O7. The molecule has 2 amide bonds. The van der Waals surface area contributed by atoms with Crippen molar-refractivity contribution < 1.29 is 24.2 Å². The molecule has 1 heterocycles. The number of amides is 2. The smallest absolute Gasteiger partial charge is 0.269 e. The van der Waals surface area contributed by atoms with Gasteiger partial charge in [-0.3, -0.25) is 34.6 Å². The lowest BCUT2D eigenvalue weighted by Gasteiger charge is -2.33. The molecule has 4 rings (SSSR count). The SMILES string of the molecule is O=C(CCl)NC(Cc1ccccc1)C(=O)N1CC(=Cc2ccc([N+](=O)[O-])cc2)C(=O)C(=Cc2ccc([N+](=O)[O-])cc2)C1. The quantitative estimate of drug-likeness (QED) is 0.169. The molecule has 0 aliphatic carbocycles. The lowest BCUT2D eigenvalue weighted by Crippen LogP contribution is -2.53. The van der Waals surface area contributed by atoms with Gasteiger partial charge in [0.15, 0.2) is 5.78 Å². The lowest BCUT2D eigenvalue weighted by atomic mass is 9.93. The number of nitrogens with one attached hydrogen (secondary N) is 1. The van der Waals surface area contributed by atoms with Crippen molar-refractivity contribution in [2.45, 2.75) is 12.5 Å². The number of hydrogen-bond donors (Lipinski definition) is 1. The van der Waals surface area contributed by atoms with Crippen LogP contribution < -0.4 is 5.32 Å². The van der Waals surface area contributed by atoms with Crippen LogP contribution in [0.5, 0.6) is 0 Å². The molecule has 12 heteroatoms. The molecule has 42 heavy (non-hydrogen) atoms. The Bertz CT molecular complexity index is 1490. The number of halogens is 1. The van der Waals surface area contributed by atoms with Gasteiger partial charge in [0.25, 0.3) is 11.4 Å². The number of non-ortho nitro benzene ring substituents is 2. The van der Waals surface area contributed by atoms with E-state index in [-0.39, 0.29) is 53.7 Å². The maximum absolute atomic E-state index is 13.8. The molecule has 3 aromatic rings. The topological polar surface area (TPSA) is 153 Å². The summed E-state index contributed by atoms with van der Waals surface area (Å²) in [5.74, 6) is -1.65. The summed E-state index contributed by atoms with van der Waals surface area (Å²) in [5.41, 5.74) is 2.12. The summed E-state index contributed by atoms with van der Waals surface area (Å²) in [4.78, 5) is 62.1. The first-order valence-corrected chi connectivity index (χ1v) is 13.3. The highest BCUT2D eigenvalue weighted by molar-refractivity contribution is 6.27. The Labute approximate surface area is 245 Å². The van der Waals surface area contributed by atoms with Gasteiger partial charge in [0.1, 0.15) is 11.9 Å². The number of nitro benzene ring substituents is 2. The number of alkyl halides is 1. The molecule has 0 aromatic heterocycles. The predicted octanol–water partition coefficient (Wildman–Crippen LogP) is 4.35. The fraction of sp³-hybridized carbons (Fsp3) is 0.167. The third-order valence-electron chi connectivity index (χ3n) is 6.54. The van der Waals surface area contributed by atoms with Gasteiger partial charge in [0.2, 0.25) is 11.8 Å². The van der Waals surface area contributed by atoms with E-state index in [1.54, 1.807) is 12.2 Å². The third kappa shape index (κ3) is 7.52. The van der Waals surface area contributed by atoms with Crippen LogP contribution in [0.25, 0.3) is 12.2 Å². The Balaban J connectivity index is 1.71. The molecule has 1 fully saturated rings. The Morgan fingerprint density at radius 1 is 0.833 bits per heavy atom. The van der Waals surface area contributed by atoms with Crippen molar-refractivity contribution in [1.82, 2.24) is 10.2 Å². The molecule has 0 radical (unpaired) electrons. The van der Waals surface area contributed by atoms with Crippen LogP contribution in [0, 0.1) is 20.2 Å². The number of nitro groups is 2. The molecule has 1 N–H and O–H groups in total. The second kappa shape index (κ2) is 13.5. The lowest BCUT2D eigenvalue weighted by molar-refractivity contribution is -0.385. The van der Waals surface area contributed by atoms with Gasteiger partial charge in [-0.05, 0) is 53.1 Å². The van der Waals surface area contributed by atoms with Gasteiger partial charge in [-0.1, -0.05) is 30.3 Å². The number of rotatable bonds is 9. The van der Waals surface area contributed by atoms with E-state index in [9.17, 15) is 34.6 Å². The summed E-state index contributed by atoms with van der Waals surface area (Å²) in [6.07, 6.45) is 3.30. The van der Waals surface area contributed by atoms with Crippen LogP contribution in [-0.2, 0) is 20.8 Å². The number of Topliss-reactive ketones (excluding diaryl/α,β-unsaturated/α-hetero) is 1. The van der Waals surface area contributed by atoms with E-state index in [1.807, 2.05) is 30.3 Å². The molecule has 11 nitrogen and oxygen atoms in total. The number of carbonyl (C=O) groups is 3. The van der Waals surface area contributed by atoms with Gasteiger partial charge in [0.05, 0.1) is 9.85 Å². The van der Waals surface area contributed by atoms with Crippen molar-refractivity contribution in [3.05, 3.63) is 127 Å². The van der Waals surface area contributed by atoms with Crippen molar-refractivity contribution in [3.8, 4) is 0 Å². The molecule has 1 saturated heterocycles. The van der Waals surface area contributed by atoms with E-state index < -0.39 is 27.7 Å². The highest BCUT2D eigenvalue weighted by Gasteiger charge is 2.33. The number of carbonyl (C=O) groups excluding carboxylic acids is 3. The molecule has 1 unspecified atom stereocenters. The van der Waals surface area contributed by atoms with Crippen LogP contribution in [0.15, 0.2) is 90.0 Å². The van der Waals surface area contributed by atoms with Gasteiger partial charge in [-0.15, -0.1) is 11.6 Å². The summed E-state index contributed by atoms with van der Waals surface area (Å²) in [5, 5.41) is 24.8. The van der Waals surface area contributed by atoms with Crippen LogP contribution in [0.2, 0.25) is 0 Å². The summed E-state index contributed by atoms with van der Waals surface area (Å²) in [7, 11) is 0. The zero-order valence-corrected chi connectivity index (χ0v) is 22.9. The van der Waals surface area contributed by atoms with Crippen LogP contribution in [0.1, 0.15) is 16.7 Å². The fourth-order valence-corrected chi connectivity index (χ4v) is 4.56. The standard InChI is InChI=1S/C30H25ClN4O7/c31-17-28(36)32-27(16-20-4-2-1-3-5-20)30(38)33-18-23(14-21-6-10-25(11-7-21)34(39)40)29(37)24(19-33)15-22-8-12-26(13-9-22)35(41)42/h1-15,27H,16-19H2,(H,32,36). The predicted molar refractivity (Wildman–Crippen MR) is 157 cm³/mol. The Morgan fingerprint density at radius 3 is 1.74 bits per heavy atom. The summed E-state index contributed by atoms with van der Waals surface area (Å²) >= 11 is 5.71. The van der Waals surface area contributed by atoms with Gasteiger partial charge in [0, 0.05) is 54.9 Å². The highest BCUT2D eigenvalue weighted by atomic mass is 35.5. The minimum Gasteiger partial charge on any atom is -0.343 e. The van der Waals surface area contributed by atoms with Crippen molar-refractivity contribution in [2.75, 3.05) is 19.0 Å². The number of benzene rings is 3. The van der Waals surface area contributed by atoms with E-state index in [0.717, 1.165) is 5.56 Å². The maximum atomic E-state index is 13.8. The van der Waals surface area contributed by atoms with E-state index in [4.69, 9.17) is 11.6 Å². The number of hydrogen-bond acceptors (Lipinski definition) is 7.